The van der Waals surface area contributed by atoms with Crippen LogP contribution in [-0.4, -0.2) is 35.0 Å². The largest absolute Gasteiger partial charge is 0.370 e. The maximum absolute atomic E-state index is 10.00. The smallest absolute Gasteiger partial charge is 0.149 e. The number of aliphatic hydroxyl groups is 1. The van der Waals surface area contributed by atoms with Crippen LogP contribution in [0.2, 0.25) is 0 Å². The van der Waals surface area contributed by atoms with Crippen LogP contribution in [-0.2, 0) is 0 Å². The van der Waals surface area contributed by atoms with Crippen LogP contribution in [0.15, 0.2) is 65.3 Å². The Morgan fingerprint density at radius 2 is 1.97 bits per heavy atom. The van der Waals surface area contributed by atoms with Crippen molar-refractivity contribution in [1.29, 1.82) is 5.26 Å². The third-order valence-electron chi connectivity index (χ3n) is 6.20. The first-order valence-corrected chi connectivity index (χ1v) is 10.6. The summed E-state index contributed by atoms with van der Waals surface area (Å²) in [5.74, 6) is 1.03. The summed E-state index contributed by atoms with van der Waals surface area (Å²) in [5.41, 5.74) is 7.81. The minimum absolute atomic E-state index is 0.132. The summed E-state index contributed by atoms with van der Waals surface area (Å²) in [7, 11) is 1.86. The van der Waals surface area contributed by atoms with Gasteiger partial charge in [-0.1, -0.05) is 30.3 Å². The van der Waals surface area contributed by atoms with Gasteiger partial charge in [0.05, 0.1) is 17.3 Å². The van der Waals surface area contributed by atoms with Crippen LogP contribution in [0.1, 0.15) is 35.4 Å². The quantitative estimate of drug-likeness (QED) is 0.628. The number of aromatic nitrogens is 1. The molecule has 5 rings (SSSR count). The highest BCUT2D eigenvalue weighted by Crippen LogP contribution is 2.45. The van der Waals surface area contributed by atoms with Crippen LogP contribution >= 0.6 is 0 Å². The highest BCUT2D eigenvalue weighted by atomic mass is 16.5. The van der Waals surface area contributed by atoms with Crippen molar-refractivity contribution in [2.45, 2.75) is 26.0 Å². The van der Waals surface area contributed by atoms with E-state index in [0.717, 1.165) is 51.6 Å². The molecule has 32 heavy (non-hydrogen) atoms. The lowest BCUT2D eigenvalue weighted by Crippen LogP contribution is -2.26. The molecule has 0 bridgehead atoms. The van der Waals surface area contributed by atoms with E-state index in [4.69, 9.17) is 4.52 Å². The summed E-state index contributed by atoms with van der Waals surface area (Å²) in [5, 5.41) is 23.5. The van der Waals surface area contributed by atoms with E-state index in [1.165, 1.54) is 0 Å². The monoisotopic (exact) mass is 424 g/mol. The van der Waals surface area contributed by atoms with Crippen molar-refractivity contribution in [2.75, 3.05) is 18.5 Å². The molecule has 3 aromatic rings. The second-order valence-corrected chi connectivity index (χ2v) is 8.43. The number of aryl methyl sites for hydroxylation is 1. The molecule has 3 heterocycles. The first-order valence-electron chi connectivity index (χ1n) is 10.6. The fourth-order valence-electron chi connectivity index (χ4n) is 4.45. The highest BCUT2D eigenvalue weighted by molar-refractivity contribution is 5.89. The Morgan fingerprint density at radius 1 is 1.19 bits per heavy atom. The molecule has 1 aromatic heterocycles. The van der Waals surface area contributed by atoms with Crippen molar-refractivity contribution < 1.29 is 9.63 Å². The summed E-state index contributed by atoms with van der Waals surface area (Å²) in [6.07, 6.45) is 5.07. The van der Waals surface area contributed by atoms with Gasteiger partial charge >= 0.3 is 0 Å². The number of allylic oxidation sites excluding steroid dienone is 2. The summed E-state index contributed by atoms with van der Waals surface area (Å²) in [6.45, 7) is 4.85. The summed E-state index contributed by atoms with van der Waals surface area (Å²) in [4.78, 5) is 4.06. The van der Waals surface area contributed by atoms with Gasteiger partial charge in [0.25, 0.3) is 0 Å². The third-order valence-corrected chi connectivity index (χ3v) is 6.20. The van der Waals surface area contributed by atoms with Gasteiger partial charge in [0.15, 0.2) is 0 Å². The van der Waals surface area contributed by atoms with Gasteiger partial charge in [0, 0.05) is 48.2 Å². The Bertz CT molecular complexity index is 1280. The van der Waals surface area contributed by atoms with Crippen molar-refractivity contribution in [1.82, 2.24) is 10.1 Å². The molecule has 0 saturated heterocycles. The lowest BCUT2D eigenvalue weighted by Gasteiger charge is -2.28. The van der Waals surface area contributed by atoms with E-state index < -0.39 is 6.23 Å². The zero-order valence-corrected chi connectivity index (χ0v) is 18.3. The molecule has 2 aliphatic rings. The number of hydrogen-bond acceptors (Lipinski definition) is 6. The number of nitrogens with zero attached hydrogens (tertiary/aromatic N) is 4. The Kier molecular flexibility index (Phi) is 4.84. The molecule has 6 nitrogen and oxygen atoms in total. The fourth-order valence-corrected chi connectivity index (χ4v) is 4.45. The van der Waals surface area contributed by atoms with Crippen LogP contribution < -0.4 is 4.90 Å². The van der Waals surface area contributed by atoms with Crippen LogP contribution in [0.5, 0.6) is 0 Å². The molecular formula is C26H24N4O2. The van der Waals surface area contributed by atoms with Gasteiger partial charge in [0.1, 0.15) is 12.0 Å². The Labute approximate surface area is 187 Å². The molecular weight excluding hydrogens is 400 g/mol. The topological polar surface area (TPSA) is 76.5 Å². The second kappa shape index (κ2) is 7.70. The zero-order chi connectivity index (χ0) is 22.4. The number of benzene rings is 2. The molecule has 0 spiro atoms. The Balaban J connectivity index is 1.69. The van der Waals surface area contributed by atoms with E-state index in [1.54, 1.807) is 11.0 Å². The van der Waals surface area contributed by atoms with Crippen LogP contribution in [0, 0.1) is 18.3 Å². The molecule has 2 aromatic carbocycles. The number of likely N-dealkylation sites (N-methyl/N-ethyl adjacent to an activating group) is 1. The van der Waals surface area contributed by atoms with Crippen molar-refractivity contribution in [3.63, 3.8) is 0 Å². The summed E-state index contributed by atoms with van der Waals surface area (Å²) >= 11 is 0. The zero-order valence-electron chi connectivity index (χ0n) is 18.3. The van der Waals surface area contributed by atoms with E-state index in [-0.39, 0.29) is 5.92 Å². The van der Waals surface area contributed by atoms with E-state index in [1.807, 2.05) is 50.5 Å². The van der Waals surface area contributed by atoms with Crippen molar-refractivity contribution in [3.8, 4) is 17.2 Å². The lowest BCUT2D eigenvalue weighted by atomic mass is 9.95. The Hall–Kier alpha value is -3.82. The van der Waals surface area contributed by atoms with Crippen LogP contribution in [0.25, 0.3) is 16.7 Å². The van der Waals surface area contributed by atoms with Gasteiger partial charge in [-0.25, -0.2) is 0 Å². The minimum Gasteiger partial charge on any atom is -0.370 e. The SMILES string of the molecule is Cc1noc2c1-c1ccc(C3=CN(C)C(O)C=C3)cc1N(c1ccc(C#N)cc1)CC2C. The summed E-state index contributed by atoms with van der Waals surface area (Å²) < 4.78 is 5.75. The third kappa shape index (κ3) is 3.28. The first-order chi connectivity index (χ1) is 15.5. The predicted octanol–water partition coefficient (Wildman–Crippen LogP) is 4.94. The molecule has 0 saturated carbocycles. The van der Waals surface area contributed by atoms with Gasteiger partial charge in [-0.15, -0.1) is 0 Å². The van der Waals surface area contributed by atoms with Gasteiger partial charge in [-0.05, 0) is 54.5 Å². The molecule has 2 atom stereocenters. The molecule has 6 heteroatoms. The Morgan fingerprint density at radius 3 is 2.69 bits per heavy atom. The van der Waals surface area contributed by atoms with Gasteiger partial charge < -0.3 is 19.4 Å². The van der Waals surface area contributed by atoms with E-state index >= 15 is 0 Å². The molecule has 1 N–H and O–H groups in total. The molecule has 0 aliphatic carbocycles. The number of nitriles is 1. The van der Waals surface area contributed by atoms with Crippen LogP contribution in [0.4, 0.5) is 11.4 Å². The summed E-state index contributed by atoms with van der Waals surface area (Å²) in [6, 6.07) is 16.3. The maximum atomic E-state index is 10.00. The standard InChI is InChI=1S/C26H24N4O2/c1-16-14-30(21-8-4-18(13-27)5-9-21)23-12-19(20-7-11-24(31)29(3)15-20)6-10-22(23)25-17(2)28-32-26(16)25/h4-12,15-16,24,31H,14H2,1-3H3. The normalized spacial score (nSPS) is 19.7. The number of anilines is 2. The number of hydrogen-bond donors (Lipinski definition) is 1. The van der Waals surface area contributed by atoms with Crippen LogP contribution in [0.3, 0.4) is 0 Å². The van der Waals surface area contributed by atoms with Crippen molar-refractivity contribution >= 4 is 16.9 Å². The average molecular weight is 425 g/mol. The minimum atomic E-state index is -0.613. The molecule has 160 valence electrons. The maximum Gasteiger partial charge on any atom is 0.149 e. The van der Waals surface area contributed by atoms with Gasteiger partial charge in [-0.3, -0.25) is 0 Å². The number of fused-ring (bicyclic) bond motifs is 3. The van der Waals surface area contributed by atoms with E-state index in [2.05, 4.69) is 41.2 Å². The van der Waals surface area contributed by atoms with E-state index in [9.17, 15) is 10.4 Å². The molecule has 2 unspecified atom stereocenters. The predicted molar refractivity (Wildman–Crippen MR) is 124 cm³/mol. The van der Waals surface area contributed by atoms with Crippen molar-refractivity contribution in [2.24, 2.45) is 0 Å². The number of aliphatic hydroxyl groups excluding tert-OH is 1. The molecule has 0 radical (unpaired) electrons. The van der Waals surface area contributed by atoms with Gasteiger partial charge in [-0.2, -0.15) is 5.26 Å². The molecule has 2 aliphatic heterocycles. The fraction of sp³-hybridized carbons (Fsp3) is 0.231. The number of rotatable bonds is 2. The lowest BCUT2D eigenvalue weighted by molar-refractivity contribution is 0.0980. The van der Waals surface area contributed by atoms with Crippen molar-refractivity contribution in [3.05, 3.63) is 83.4 Å². The second-order valence-electron chi connectivity index (χ2n) is 8.43. The van der Waals surface area contributed by atoms with Gasteiger partial charge in [0.2, 0.25) is 0 Å². The first kappa shape index (κ1) is 20.1. The molecule has 0 amide bonds. The highest BCUT2D eigenvalue weighted by Gasteiger charge is 2.30. The average Bonchev–Trinajstić information content (AvgIpc) is 3.14. The van der Waals surface area contributed by atoms with E-state index in [0.29, 0.717) is 5.56 Å². The molecule has 0 fully saturated rings.